The molecule has 142 valence electrons. The van der Waals surface area contributed by atoms with Crippen molar-refractivity contribution in [3.63, 3.8) is 0 Å². The van der Waals surface area contributed by atoms with E-state index in [4.69, 9.17) is 9.84 Å². The fraction of sp³-hybridized carbons (Fsp3) is 0.300. The van der Waals surface area contributed by atoms with Gasteiger partial charge in [0, 0.05) is 25.2 Å². The predicted octanol–water partition coefficient (Wildman–Crippen LogP) is 3.14. The Morgan fingerprint density at radius 1 is 1.07 bits per heavy atom. The molecule has 1 aliphatic rings. The molecule has 2 N–H and O–H groups in total. The number of hydrogen-bond donors (Lipinski definition) is 2. The van der Waals surface area contributed by atoms with E-state index < -0.39 is 23.1 Å². The van der Waals surface area contributed by atoms with Crippen LogP contribution >= 0.6 is 0 Å². The van der Waals surface area contributed by atoms with Gasteiger partial charge in [-0.15, -0.1) is 0 Å². The summed E-state index contributed by atoms with van der Waals surface area (Å²) in [6.45, 7) is 1.25. The lowest BCUT2D eigenvalue weighted by molar-refractivity contribution is 0.0486. The summed E-state index contributed by atoms with van der Waals surface area (Å²) in [5.41, 5.74) is 0.00537. The highest BCUT2D eigenvalue weighted by atomic mass is 19.1. The van der Waals surface area contributed by atoms with Crippen LogP contribution in [0.2, 0.25) is 0 Å². The summed E-state index contributed by atoms with van der Waals surface area (Å²) in [4.78, 5) is 23.3. The molecule has 1 fully saturated rings. The van der Waals surface area contributed by atoms with E-state index in [1.54, 1.807) is 12.1 Å². The van der Waals surface area contributed by atoms with Gasteiger partial charge in [-0.3, -0.25) is 4.79 Å². The van der Waals surface area contributed by atoms with Crippen LogP contribution in [0.5, 0.6) is 0 Å². The first-order valence-electron chi connectivity index (χ1n) is 8.56. The fourth-order valence-corrected chi connectivity index (χ4v) is 3.31. The van der Waals surface area contributed by atoms with Crippen molar-refractivity contribution in [1.29, 1.82) is 0 Å². The molecule has 3 rings (SSSR count). The maximum Gasteiger partial charge on any atom is 0.335 e. The van der Waals surface area contributed by atoms with Crippen LogP contribution in [0.15, 0.2) is 42.5 Å². The number of aromatic carboxylic acids is 1. The first-order valence-corrected chi connectivity index (χ1v) is 8.56. The van der Waals surface area contributed by atoms with Crippen molar-refractivity contribution in [1.82, 2.24) is 5.32 Å². The van der Waals surface area contributed by atoms with Gasteiger partial charge in [0.05, 0.1) is 11.1 Å². The van der Waals surface area contributed by atoms with E-state index >= 15 is 0 Å². The number of nitrogens with one attached hydrogen (secondary N) is 1. The van der Waals surface area contributed by atoms with Crippen LogP contribution in [0.4, 0.5) is 8.78 Å². The number of carboxylic acid groups (broad SMARTS) is 1. The van der Waals surface area contributed by atoms with Gasteiger partial charge in [-0.2, -0.15) is 0 Å². The first kappa shape index (κ1) is 19.0. The summed E-state index contributed by atoms with van der Waals surface area (Å²) in [7, 11) is 0. The summed E-state index contributed by atoms with van der Waals surface area (Å²) in [5, 5.41) is 11.6. The topological polar surface area (TPSA) is 75.6 Å². The molecule has 1 aliphatic heterocycles. The Morgan fingerprint density at radius 2 is 1.74 bits per heavy atom. The molecule has 1 saturated heterocycles. The van der Waals surface area contributed by atoms with E-state index in [0.717, 1.165) is 17.7 Å². The number of halogens is 2. The monoisotopic (exact) mass is 375 g/mol. The van der Waals surface area contributed by atoms with Gasteiger partial charge in [0.25, 0.3) is 5.91 Å². The lowest BCUT2D eigenvalue weighted by Gasteiger charge is -2.38. The summed E-state index contributed by atoms with van der Waals surface area (Å²) < 4.78 is 32.8. The van der Waals surface area contributed by atoms with Crippen LogP contribution in [-0.2, 0) is 10.2 Å². The minimum Gasteiger partial charge on any atom is -0.478 e. The van der Waals surface area contributed by atoms with E-state index in [1.807, 2.05) is 0 Å². The van der Waals surface area contributed by atoms with Crippen molar-refractivity contribution in [2.75, 3.05) is 19.8 Å². The molecule has 27 heavy (non-hydrogen) atoms. The smallest absolute Gasteiger partial charge is 0.335 e. The highest BCUT2D eigenvalue weighted by Gasteiger charge is 2.35. The first-order chi connectivity index (χ1) is 12.9. The molecule has 0 atom stereocenters. The zero-order valence-corrected chi connectivity index (χ0v) is 14.5. The number of rotatable bonds is 5. The third kappa shape index (κ3) is 4.14. The average Bonchev–Trinajstić information content (AvgIpc) is 2.67. The fourth-order valence-electron chi connectivity index (χ4n) is 3.31. The maximum atomic E-state index is 14.1. The molecule has 0 bridgehead atoms. The van der Waals surface area contributed by atoms with E-state index in [0.29, 0.717) is 26.1 Å². The van der Waals surface area contributed by atoms with Crippen molar-refractivity contribution in [2.24, 2.45) is 0 Å². The van der Waals surface area contributed by atoms with E-state index in [9.17, 15) is 18.4 Å². The van der Waals surface area contributed by atoms with E-state index in [-0.39, 0.29) is 23.5 Å². The largest absolute Gasteiger partial charge is 0.478 e. The Kier molecular flexibility index (Phi) is 5.51. The number of carboxylic acids is 1. The van der Waals surface area contributed by atoms with Gasteiger partial charge in [0.2, 0.25) is 0 Å². The number of ether oxygens (including phenoxy) is 1. The molecule has 7 heteroatoms. The molecule has 0 aliphatic carbocycles. The van der Waals surface area contributed by atoms with Crippen LogP contribution in [0.25, 0.3) is 0 Å². The van der Waals surface area contributed by atoms with E-state index in [2.05, 4.69) is 5.32 Å². The van der Waals surface area contributed by atoms with Crippen LogP contribution in [0.3, 0.4) is 0 Å². The summed E-state index contributed by atoms with van der Waals surface area (Å²) in [5.74, 6) is -3.13. The molecule has 2 aromatic rings. The van der Waals surface area contributed by atoms with Gasteiger partial charge in [0.15, 0.2) is 0 Å². The van der Waals surface area contributed by atoms with Gasteiger partial charge in [0.1, 0.15) is 11.6 Å². The van der Waals surface area contributed by atoms with Crippen molar-refractivity contribution in [3.05, 3.63) is 70.8 Å². The molecule has 0 spiro atoms. The standard InChI is InChI=1S/C20H19F2NO4/c21-15-4-2-14(3-5-15)20(7-9-27-10-8-20)12-23-18(24)16-6-1-13(19(25)26)11-17(16)22/h1-6,11H,7-10,12H2,(H,23,24)(H,25,26). The van der Waals surface area contributed by atoms with Crippen molar-refractivity contribution in [3.8, 4) is 0 Å². The Bertz CT molecular complexity index is 846. The van der Waals surface area contributed by atoms with Crippen LogP contribution in [0.1, 0.15) is 39.1 Å². The van der Waals surface area contributed by atoms with Gasteiger partial charge in [-0.05, 0) is 48.7 Å². The minimum atomic E-state index is -1.27. The van der Waals surface area contributed by atoms with Crippen LogP contribution in [0, 0.1) is 11.6 Å². The number of carbonyl (C=O) groups excluding carboxylic acids is 1. The predicted molar refractivity (Wildman–Crippen MR) is 93.8 cm³/mol. The van der Waals surface area contributed by atoms with Gasteiger partial charge < -0.3 is 15.2 Å². The molecule has 2 aromatic carbocycles. The Hall–Kier alpha value is -2.80. The molecule has 1 amide bonds. The zero-order valence-electron chi connectivity index (χ0n) is 14.5. The van der Waals surface area contributed by atoms with Crippen LogP contribution < -0.4 is 5.32 Å². The Labute approximate surface area is 155 Å². The minimum absolute atomic E-state index is 0.221. The molecule has 0 unspecified atom stereocenters. The SMILES string of the molecule is O=C(O)c1ccc(C(=O)NCC2(c3ccc(F)cc3)CCOCC2)c(F)c1. The summed E-state index contributed by atoms with van der Waals surface area (Å²) in [6, 6.07) is 9.29. The summed E-state index contributed by atoms with van der Waals surface area (Å²) >= 11 is 0. The molecular formula is C20H19F2NO4. The third-order valence-corrected chi connectivity index (χ3v) is 4.95. The highest BCUT2D eigenvalue weighted by molar-refractivity contribution is 5.96. The zero-order chi connectivity index (χ0) is 19.4. The van der Waals surface area contributed by atoms with E-state index in [1.165, 1.54) is 18.2 Å². The number of hydrogen-bond acceptors (Lipinski definition) is 3. The third-order valence-electron chi connectivity index (χ3n) is 4.95. The highest BCUT2D eigenvalue weighted by Crippen LogP contribution is 2.34. The summed E-state index contributed by atoms with van der Waals surface area (Å²) in [6.07, 6.45) is 1.28. The number of amides is 1. The molecule has 5 nitrogen and oxygen atoms in total. The molecular weight excluding hydrogens is 356 g/mol. The lowest BCUT2D eigenvalue weighted by atomic mass is 9.74. The van der Waals surface area contributed by atoms with Crippen molar-refractivity contribution in [2.45, 2.75) is 18.3 Å². The van der Waals surface area contributed by atoms with Crippen molar-refractivity contribution >= 4 is 11.9 Å². The van der Waals surface area contributed by atoms with Gasteiger partial charge in [-0.1, -0.05) is 12.1 Å². The average molecular weight is 375 g/mol. The van der Waals surface area contributed by atoms with Gasteiger partial charge in [-0.25, -0.2) is 13.6 Å². The van der Waals surface area contributed by atoms with Crippen molar-refractivity contribution < 1.29 is 28.2 Å². The second-order valence-corrected chi connectivity index (χ2v) is 6.58. The molecule has 0 aromatic heterocycles. The lowest BCUT2D eigenvalue weighted by Crippen LogP contribution is -2.44. The number of carbonyl (C=O) groups is 2. The number of benzene rings is 2. The quantitative estimate of drug-likeness (QED) is 0.842. The second kappa shape index (κ2) is 7.84. The second-order valence-electron chi connectivity index (χ2n) is 6.58. The Balaban J connectivity index is 1.78. The van der Waals surface area contributed by atoms with Gasteiger partial charge >= 0.3 is 5.97 Å². The maximum absolute atomic E-state index is 14.1. The Morgan fingerprint density at radius 3 is 2.33 bits per heavy atom. The normalized spacial score (nSPS) is 15.9. The molecule has 0 radical (unpaired) electrons. The molecule has 1 heterocycles. The van der Waals surface area contributed by atoms with Crippen LogP contribution in [-0.4, -0.2) is 36.7 Å². The molecule has 0 saturated carbocycles.